The van der Waals surface area contributed by atoms with Gasteiger partial charge in [0.05, 0.1) is 0 Å². The first-order valence-electron chi connectivity index (χ1n) is 8.88. The molecule has 1 aliphatic rings. The van der Waals surface area contributed by atoms with Crippen molar-refractivity contribution in [1.82, 2.24) is 14.7 Å². The van der Waals surface area contributed by atoms with E-state index in [1.807, 2.05) is 25.1 Å². The lowest BCUT2D eigenvalue weighted by Gasteiger charge is -2.36. The van der Waals surface area contributed by atoms with Crippen LogP contribution >= 0.6 is 0 Å². The minimum absolute atomic E-state index is 0.0691. The number of nitrogens with zero attached hydrogens (tertiary/aromatic N) is 4. The molecular formula is C19H23F3N4O. The van der Waals surface area contributed by atoms with Gasteiger partial charge in [-0.1, -0.05) is 18.2 Å². The Bertz CT molecular complexity index is 836. The molecule has 0 unspecified atom stereocenters. The van der Waals surface area contributed by atoms with E-state index in [2.05, 4.69) is 16.1 Å². The van der Waals surface area contributed by atoms with Gasteiger partial charge in [-0.25, -0.2) is 0 Å². The normalized spacial score (nSPS) is 15.3. The van der Waals surface area contributed by atoms with Gasteiger partial charge >= 0.3 is 6.18 Å². The third kappa shape index (κ3) is 3.94. The van der Waals surface area contributed by atoms with Crippen LogP contribution in [-0.4, -0.2) is 46.8 Å². The second kappa shape index (κ2) is 7.25. The Morgan fingerprint density at radius 2 is 1.70 bits per heavy atom. The highest BCUT2D eigenvalue weighted by atomic mass is 19.4. The molecule has 0 saturated carbocycles. The van der Waals surface area contributed by atoms with Crippen molar-refractivity contribution in [2.45, 2.75) is 33.5 Å². The molecule has 0 bridgehead atoms. The third-order valence-corrected chi connectivity index (χ3v) is 5.15. The highest BCUT2D eigenvalue weighted by Gasteiger charge is 2.37. The zero-order chi connectivity index (χ0) is 19.8. The second-order valence-electron chi connectivity index (χ2n) is 6.87. The molecular weight excluding hydrogens is 357 g/mol. The fraction of sp³-hybridized carbons (Fsp3) is 0.474. The number of benzene rings is 1. The van der Waals surface area contributed by atoms with Crippen molar-refractivity contribution in [3.8, 4) is 0 Å². The lowest BCUT2D eigenvalue weighted by atomic mass is 10.1. The Balaban J connectivity index is 1.65. The van der Waals surface area contributed by atoms with Crippen LogP contribution in [-0.2, 0) is 17.5 Å². The van der Waals surface area contributed by atoms with Gasteiger partial charge in [0.1, 0.15) is 6.54 Å². The number of carbonyl (C=O) groups is 1. The number of hydrogen-bond donors (Lipinski definition) is 0. The predicted molar refractivity (Wildman–Crippen MR) is 96.7 cm³/mol. The largest absolute Gasteiger partial charge is 0.435 e. The van der Waals surface area contributed by atoms with E-state index in [-0.39, 0.29) is 18.0 Å². The van der Waals surface area contributed by atoms with Gasteiger partial charge < -0.3 is 9.80 Å². The standard InChI is InChI=1S/C19H23F3N4O/c1-13-6-4-5-7-16(13)24-8-10-25(11-9-24)17(27)12-26-15(3)14(2)18(23-26)19(20,21)22/h4-7H,8-12H2,1-3H3. The predicted octanol–water partition coefficient (Wildman–Crippen LogP) is 3.18. The van der Waals surface area contributed by atoms with E-state index in [1.165, 1.54) is 12.5 Å². The average Bonchev–Trinajstić information content (AvgIpc) is 2.91. The van der Waals surface area contributed by atoms with Crippen LogP contribution in [0.25, 0.3) is 0 Å². The molecule has 0 spiro atoms. The summed E-state index contributed by atoms with van der Waals surface area (Å²) < 4.78 is 40.1. The Kier molecular flexibility index (Phi) is 5.17. The van der Waals surface area contributed by atoms with Crippen LogP contribution in [0.5, 0.6) is 0 Å². The SMILES string of the molecule is Cc1ccccc1N1CCN(C(=O)Cn2nc(C(F)(F)F)c(C)c2C)CC1. The molecule has 0 aliphatic carbocycles. The topological polar surface area (TPSA) is 41.4 Å². The summed E-state index contributed by atoms with van der Waals surface area (Å²) in [6, 6.07) is 8.08. The van der Waals surface area contributed by atoms with Crippen LogP contribution in [0, 0.1) is 20.8 Å². The molecule has 1 fully saturated rings. The first kappa shape index (κ1) is 19.3. The van der Waals surface area contributed by atoms with Gasteiger partial charge in [-0.2, -0.15) is 18.3 Å². The molecule has 1 amide bonds. The number of halogens is 3. The highest BCUT2D eigenvalue weighted by Crippen LogP contribution is 2.31. The summed E-state index contributed by atoms with van der Waals surface area (Å²) in [5, 5.41) is 3.62. The van der Waals surface area contributed by atoms with Gasteiger partial charge in [-0.15, -0.1) is 0 Å². The molecule has 0 atom stereocenters. The number of carbonyl (C=O) groups excluding carboxylic acids is 1. The lowest BCUT2D eigenvalue weighted by molar-refractivity contribution is -0.142. The number of para-hydroxylation sites is 1. The minimum Gasteiger partial charge on any atom is -0.368 e. The number of rotatable bonds is 3. The molecule has 1 aromatic heterocycles. The highest BCUT2D eigenvalue weighted by molar-refractivity contribution is 5.76. The quantitative estimate of drug-likeness (QED) is 0.821. The molecule has 0 N–H and O–H groups in total. The molecule has 1 aliphatic heterocycles. The van der Waals surface area contributed by atoms with E-state index in [1.54, 1.807) is 11.8 Å². The molecule has 3 rings (SSSR count). The van der Waals surface area contributed by atoms with E-state index in [0.29, 0.717) is 31.9 Å². The van der Waals surface area contributed by atoms with Crippen molar-refractivity contribution in [1.29, 1.82) is 0 Å². The van der Waals surface area contributed by atoms with E-state index < -0.39 is 11.9 Å². The van der Waals surface area contributed by atoms with Crippen LogP contribution in [0.1, 0.15) is 22.5 Å². The molecule has 1 saturated heterocycles. The molecule has 27 heavy (non-hydrogen) atoms. The number of aromatic nitrogens is 2. The van der Waals surface area contributed by atoms with Crippen LogP contribution in [0.4, 0.5) is 18.9 Å². The molecule has 0 radical (unpaired) electrons. The van der Waals surface area contributed by atoms with Crippen molar-refractivity contribution < 1.29 is 18.0 Å². The fourth-order valence-electron chi connectivity index (χ4n) is 3.40. The number of aryl methyl sites for hydroxylation is 1. The number of hydrogen-bond acceptors (Lipinski definition) is 3. The third-order valence-electron chi connectivity index (χ3n) is 5.15. The summed E-state index contributed by atoms with van der Waals surface area (Å²) in [5.41, 5.74) is 1.85. The second-order valence-corrected chi connectivity index (χ2v) is 6.87. The number of alkyl halides is 3. The number of piperazine rings is 1. The summed E-state index contributed by atoms with van der Waals surface area (Å²) in [6.07, 6.45) is -4.51. The fourth-order valence-corrected chi connectivity index (χ4v) is 3.40. The summed E-state index contributed by atoms with van der Waals surface area (Å²) in [5.74, 6) is -0.209. The van der Waals surface area contributed by atoms with E-state index in [9.17, 15) is 18.0 Å². The van der Waals surface area contributed by atoms with Gasteiger partial charge in [-0.3, -0.25) is 9.48 Å². The summed E-state index contributed by atoms with van der Waals surface area (Å²) >= 11 is 0. The van der Waals surface area contributed by atoms with Gasteiger partial charge in [0.2, 0.25) is 5.91 Å². The molecule has 2 aromatic rings. The Hall–Kier alpha value is -2.51. The van der Waals surface area contributed by atoms with Gasteiger partial charge in [0.15, 0.2) is 5.69 Å². The van der Waals surface area contributed by atoms with E-state index in [0.717, 1.165) is 10.4 Å². The first-order chi connectivity index (χ1) is 12.7. The maximum absolute atomic E-state index is 13.0. The van der Waals surface area contributed by atoms with Crippen molar-refractivity contribution >= 4 is 11.6 Å². The summed E-state index contributed by atoms with van der Waals surface area (Å²) in [4.78, 5) is 16.5. The lowest BCUT2D eigenvalue weighted by Crippen LogP contribution is -2.49. The molecule has 8 heteroatoms. The maximum Gasteiger partial charge on any atom is 0.435 e. The van der Waals surface area contributed by atoms with Crippen LogP contribution in [0.15, 0.2) is 24.3 Å². The molecule has 5 nitrogen and oxygen atoms in total. The Morgan fingerprint density at radius 3 is 2.26 bits per heavy atom. The van der Waals surface area contributed by atoms with Crippen LogP contribution in [0.2, 0.25) is 0 Å². The maximum atomic E-state index is 13.0. The monoisotopic (exact) mass is 380 g/mol. The van der Waals surface area contributed by atoms with E-state index >= 15 is 0 Å². The Labute approximate surface area is 156 Å². The van der Waals surface area contributed by atoms with Crippen molar-refractivity contribution in [3.63, 3.8) is 0 Å². The smallest absolute Gasteiger partial charge is 0.368 e. The zero-order valence-corrected chi connectivity index (χ0v) is 15.7. The van der Waals surface area contributed by atoms with Crippen LogP contribution < -0.4 is 4.90 Å². The van der Waals surface area contributed by atoms with Crippen LogP contribution in [0.3, 0.4) is 0 Å². The molecule has 1 aromatic carbocycles. The average molecular weight is 380 g/mol. The van der Waals surface area contributed by atoms with E-state index in [4.69, 9.17) is 0 Å². The van der Waals surface area contributed by atoms with Gasteiger partial charge in [-0.05, 0) is 32.4 Å². The van der Waals surface area contributed by atoms with Gasteiger partial charge in [0, 0.05) is 43.1 Å². The Morgan fingerprint density at radius 1 is 1.07 bits per heavy atom. The van der Waals surface area contributed by atoms with Crippen molar-refractivity contribution in [2.24, 2.45) is 0 Å². The minimum atomic E-state index is -4.51. The number of anilines is 1. The number of amides is 1. The zero-order valence-electron chi connectivity index (χ0n) is 15.7. The first-order valence-corrected chi connectivity index (χ1v) is 8.88. The summed E-state index contributed by atoms with van der Waals surface area (Å²) in [7, 11) is 0. The van der Waals surface area contributed by atoms with Crippen molar-refractivity contribution in [3.05, 3.63) is 46.8 Å². The summed E-state index contributed by atoms with van der Waals surface area (Å²) in [6.45, 7) is 7.29. The van der Waals surface area contributed by atoms with Gasteiger partial charge in [0.25, 0.3) is 0 Å². The molecule has 2 heterocycles. The molecule has 146 valence electrons. The van der Waals surface area contributed by atoms with Crippen molar-refractivity contribution in [2.75, 3.05) is 31.1 Å².